The van der Waals surface area contributed by atoms with Crippen LogP contribution < -0.4 is 4.90 Å². The maximum absolute atomic E-state index is 12.9. The Morgan fingerprint density at radius 1 is 1.03 bits per heavy atom. The molecule has 1 fully saturated rings. The third kappa shape index (κ3) is 3.51. The standard InChI is InChI=1S/C19H19N7O3/c1-14-16(8-5-9-17(14)26(28)29)18(27)23-10-12-24(13-11-23)19-20-21-22-25(19)15-6-3-2-4-7-15/h2-9H,10-13H2,1H3. The molecule has 1 amide bonds. The second kappa shape index (κ2) is 7.66. The highest BCUT2D eigenvalue weighted by Crippen LogP contribution is 2.23. The summed E-state index contributed by atoms with van der Waals surface area (Å²) in [5, 5.41) is 23.1. The van der Waals surface area contributed by atoms with Crippen molar-refractivity contribution in [3.63, 3.8) is 0 Å². The molecule has 1 aromatic heterocycles. The molecule has 3 aromatic rings. The van der Waals surface area contributed by atoms with Gasteiger partial charge in [-0.25, -0.2) is 0 Å². The first-order chi connectivity index (χ1) is 14.1. The molecular formula is C19H19N7O3. The summed E-state index contributed by atoms with van der Waals surface area (Å²) in [5.74, 6) is 0.420. The molecule has 0 saturated carbocycles. The van der Waals surface area contributed by atoms with Gasteiger partial charge in [0.05, 0.1) is 10.6 Å². The van der Waals surface area contributed by atoms with Gasteiger partial charge in [0.15, 0.2) is 0 Å². The lowest BCUT2D eigenvalue weighted by Gasteiger charge is -2.35. The predicted molar refractivity (Wildman–Crippen MR) is 105 cm³/mol. The van der Waals surface area contributed by atoms with E-state index in [-0.39, 0.29) is 11.6 Å². The van der Waals surface area contributed by atoms with Crippen LogP contribution in [0, 0.1) is 17.0 Å². The Morgan fingerprint density at radius 3 is 2.45 bits per heavy atom. The number of nitrogens with zero attached hydrogens (tertiary/aromatic N) is 7. The van der Waals surface area contributed by atoms with Crippen LogP contribution in [0.1, 0.15) is 15.9 Å². The number of benzene rings is 2. The van der Waals surface area contributed by atoms with Gasteiger partial charge in [0.1, 0.15) is 0 Å². The number of carbonyl (C=O) groups excluding carboxylic acids is 1. The number of carbonyl (C=O) groups is 1. The molecule has 1 aliphatic rings. The van der Waals surface area contributed by atoms with Gasteiger partial charge in [-0.05, 0) is 35.5 Å². The predicted octanol–water partition coefficient (Wildman–Crippen LogP) is 1.84. The fraction of sp³-hybridized carbons (Fsp3) is 0.263. The summed E-state index contributed by atoms with van der Waals surface area (Å²) in [6.45, 7) is 3.68. The Kier molecular flexibility index (Phi) is 4.90. The summed E-state index contributed by atoms with van der Waals surface area (Å²) in [6.07, 6.45) is 0. The van der Waals surface area contributed by atoms with Gasteiger partial charge in [0, 0.05) is 43.4 Å². The molecule has 0 radical (unpaired) electrons. The largest absolute Gasteiger partial charge is 0.336 e. The van der Waals surface area contributed by atoms with Crippen LogP contribution in [-0.2, 0) is 0 Å². The van der Waals surface area contributed by atoms with Crippen LogP contribution in [0.5, 0.6) is 0 Å². The lowest BCUT2D eigenvalue weighted by molar-refractivity contribution is -0.385. The quantitative estimate of drug-likeness (QED) is 0.491. The van der Waals surface area contributed by atoms with Crippen LogP contribution in [0.2, 0.25) is 0 Å². The molecule has 1 aliphatic heterocycles. The molecule has 0 spiro atoms. The van der Waals surface area contributed by atoms with Gasteiger partial charge in [0.2, 0.25) is 5.95 Å². The third-order valence-electron chi connectivity index (χ3n) is 5.04. The first-order valence-electron chi connectivity index (χ1n) is 9.18. The Balaban J connectivity index is 1.49. The summed E-state index contributed by atoms with van der Waals surface area (Å²) in [7, 11) is 0. The van der Waals surface area contributed by atoms with Gasteiger partial charge in [-0.15, -0.1) is 0 Å². The molecule has 0 bridgehead atoms. The Labute approximate surface area is 166 Å². The van der Waals surface area contributed by atoms with Crippen molar-refractivity contribution in [2.24, 2.45) is 0 Å². The van der Waals surface area contributed by atoms with Crippen LogP contribution in [0.15, 0.2) is 48.5 Å². The van der Waals surface area contributed by atoms with E-state index in [9.17, 15) is 14.9 Å². The second-order valence-corrected chi connectivity index (χ2v) is 6.71. The normalized spacial score (nSPS) is 14.1. The van der Waals surface area contributed by atoms with E-state index in [1.165, 1.54) is 6.07 Å². The molecule has 29 heavy (non-hydrogen) atoms. The van der Waals surface area contributed by atoms with Gasteiger partial charge >= 0.3 is 0 Å². The van der Waals surface area contributed by atoms with E-state index in [0.717, 1.165) is 5.69 Å². The summed E-state index contributed by atoms with van der Waals surface area (Å²) >= 11 is 0. The lowest BCUT2D eigenvalue weighted by atomic mass is 10.1. The Morgan fingerprint density at radius 2 is 1.76 bits per heavy atom. The summed E-state index contributed by atoms with van der Waals surface area (Å²) in [6, 6.07) is 14.2. The number of aromatic nitrogens is 4. The fourth-order valence-electron chi connectivity index (χ4n) is 3.45. The first-order valence-corrected chi connectivity index (χ1v) is 9.18. The van der Waals surface area contributed by atoms with Crippen molar-refractivity contribution >= 4 is 17.5 Å². The molecule has 0 aliphatic carbocycles. The molecule has 148 valence electrons. The number of tetrazole rings is 1. The zero-order chi connectivity index (χ0) is 20.4. The van der Waals surface area contributed by atoms with Gasteiger partial charge < -0.3 is 9.80 Å². The molecule has 1 saturated heterocycles. The number of nitro groups is 1. The molecule has 0 N–H and O–H groups in total. The second-order valence-electron chi connectivity index (χ2n) is 6.71. The minimum atomic E-state index is -0.465. The molecular weight excluding hydrogens is 374 g/mol. The average Bonchev–Trinajstić information content (AvgIpc) is 3.24. The number of nitro benzene ring substituents is 1. The van der Waals surface area contributed by atoms with Crippen molar-refractivity contribution in [3.05, 3.63) is 69.8 Å². The van der Waals surface area contributed by atoms with Gasteiger partial charge in [0.25, 0.3) is 11.6 Å². The number of piperazine rings is 1. The van der Waals surface area contributed by atoms with Gasteiger partial charge in [-0.3, -0.25) is 14.9 Å². The van der Waals surface area contributed by atoms with E-state index < -0.39 is 4.92 Å². The van der Waals surface area contributed by atoms with E-state index in [0.29, 0.717) is 43.3 Å². The molecule has 0 unspecified atom stereocenters. The number of hydrogen-bond donors (Lipinski definition) is 0. The van der Waals surface area contributed by atoms with Crippen molar-refractivity contribution in [1.82, 2.24) is 25.1 Å². The summed E-state index contributed by atoms with van der Waals surface area (Å²) in [4.78, 5) is 27.3. The Bertz CT molecular complexity index is 1040. The number of anilines is 1. The van der Waals surface area contributed by atoms with Crippen LogP contribution in [0.3, 0.4) is 0 Å². The minimum Gasteiger partial charge on any atom is -0.336 e. The van der Waals surface area contributed by atoms with Crippen LogP contribution in [0.4, 0.5) is 11.6 Å². The maximum Gasteiger partial charge on any atom is 0.273 e. The minimum absolute atomic E-state index is 0.0449. The number of para-hydroxylation sites is 1. The van der Waals surface area contributed by atoms with E-state index in [1.807, 2.05) is 35.2 Å². The molecule has 10 heteroatoms. The average molecular weight is 393 g/mol. The number of rotatable bonds is 4. The molecule has 0 atom stereocenters. The van der Waals surface area contributed by atoms with E-state index >= 15 is 0 Å². The highest BCUT2D eigenvalue weighted by Gasteiger charge is 2.27. The number of hydrogen-bond acceptors (Lipinski definition) is 7. The summed E-state index contributed by atoms with van der Waals surface area (Å²) < 4.78 is 1.67. The topological polar surface area (TPSA) is 110 Å². The monoisotopic (exact) mass is 393 g/mol. The van der Waals surface area contributed by atoms with Crippen LogP contribution in [-0.4, -0.2) is 62.1 Å². The SMILES string of the molecule is Cc1c(C(=O)N2CCN(c3nnnn3-c3ccccc3)CC2)cccc1[N+](=O)[O-]. The fourth-order valence-corrected chi connectivity index (χ4v) is 3.45. The molecule has 2 aromatic carbocycles. The van der Waals surface area contributed by atoms with Crippen molar-refractivity contribution in [2.45, 2.75) is 6.92 Å². The van der Waals surface area contributed by atoms with E-state index in [4.69, 9.17) is 0 Å². The molecule has 10 nitrogen and oxygen atoms in total. The molecule has 2 heterocycles. The van der Waals surface area contributed by atoms with Crippen LogP contribution >= 0.6 is 0 Å². The van der Waals surface area contributed by atoms with E-state index in [2.05, 4.69) is 15.5 Å². The lowest BCUT2D eigenvalue weighted by Crippen LogP contribution is -2.49. The zero-order valence-electron chi connectivity index (χ0n) is 15.8. The summed E-state index contributed by atoms with van der Waals surface area (Å²) in [5.41, 5.74) is 1.56. The van der Waals surface area contributed by atoms with Crippen molar-refractivity contribution in [1.29, 1.82) is 0 Å². The smallest absolute Gasteiger partial charge is 0.273 e. The van der Waals surface area contributed by atoms with Crippen molar-refractivity contribution in [3.8, 4) is 5.69 Å². The molecule has 4 rings (SSSR count). The van der Waals surface area contributed by atoms with Gasteiger partial charge in [-0.1, -0.05) is 29.4 Å². The Hall–Kier alpha value is -3.82. The van der Waals surface area contributed by atoms with Crippen molar-refractivity contribution < 1.29 is 9.72 Å². The third-order valence-corrected chi connectivity index (χ3v) is 5.04. The van der Waals surface area contributed by atoms with Crippen molar-refractivity contribution in [2.75, 3.05) is 31.1 Å². The number of amides is 1. The highest BCUT2D eigenvalue weighted by atomic mass is 16.6. The van der Waals surface area contributed by atoms with Gasteiger partial charge in [-0.2, -0.15) is 4.68 Å². The zero-order valence-corrected chi connectivity index (χ0v) is 15.8. The maximum atomic E-state index is 12.9. The van der Waals surface area contributed by atoms with Crippen LogP contribution in [0.25, 0.3) is 5.69 Å². The first kappa shape index (κ1) is 18.5. The highest BCUT2D eigenvalue weighted by molar-refractivity contribution is 5.96. The van der Waals surface area contributed by atoms with E-state index in [1.54, 1.807) is 28.6 Å².